The molecule has 198 valence electrons. The van der Waals surface area contributed by atoms with Gasteiger partial charge in [0.25, 0.3) is 11.6 Å². The number of nitrogens with zero attached hydrogens (tertiary/aromatic N) is 4. The van der Waals surface area contributed by atoms with Crippen LogP contribution in [0.15, 0.2) is 42.5 Å². The van der Waals surface area contributed by atoms with Gasteiger partial charge in [-0.2, -0.15) is 0 Å². The lowest BCUT2D eigenvalue weighted by Gasteiger charge is -2.38. The zero-order valence-corrected chi connectivity index (χ0v) is 22.2. The minimum atomic E-state index is -0.409. The summed E-state index contributed by atoms with van der Waals surface area (Å²) in [5, 5.41) is 14.6. The number of hydrogen-bond acceptors (Lipinski definition) is 6. The second-order valence-electron chi connectivity index (χ2n) is 11.2. The van der Waals surface area contributed by atoms with Crippen LogP contribution in [0.2, 0.25) is 0 Å². The lowest BCUT2D eigenvalue weighted by molar-refractivity contribution is -0.384. The maximum atomic E-state index is 12.9. The van der Waals surface area contributed by atoms with E-state index in [9.17, 15) is 19.7 Å². The second kappa shape index (κ2) is 10.8. The van der Waals surface area contributed by atoms with E-state index >= 15 is 0 Å². The molecule has 9 nitrogen and oxygen atoms in total. The molecule has 2 heterocycles. The lowest BCUT2D eigenvalue weighted by Crippen LogP contribution is -2.51. The van der Waals surface area contributed by atoms with E-state index in [0.29, 0.717) is 30.4 Å². The number of benzene rings is 2. The van der Waals surface area contributed by atoms with E-state index in [2.05, 4.69) is 17.1 Å². The Bertz CT molecular complexity index is 1140. The number of carbonyl (C=O) groups excluding carboxylic acids is 2. The third-order valence-electron chi connectivity index (χ3n) is 7.26. The minimum Gasteiger partial charge on any atom is -0.368 e. The molecule has 1 N–H and O–H groups in total. The maximum Gasteiger partial charge on any atom is 0.293 e. The molecule has 0 radical (unpaired) electrons. The number of piperazine rings is 1. The van der Waals surface area contributed by atoms with E-state index in [-0.39, 0.29) is 28.5 Å². The van der Waals surface area contributed by atoms with Gasteiger partial charge in [-0.05, 0) is 55.2 Å². The molecule has 2 aliphatic rings. The van der Waals surface area contributed by atoms with Crippen LogP contribution < -0.4 is 15.1 Å². The first-order chi connectivity index (χ1) is 17.5. The molecule has 2 aromatic carbocycles. The van der Waals surface area contributed by atoms with Crippen LogP contribution in [0.25, 0.3) is 0 Å². The molecule has 2 fully saturated rings. The summed E-state index contributed by atoms with van der Waals surface area (Å²) < 4.78 is 0. The molecule has 4 rings (SSSR count). The van der Waals surface area contributed by atoms with Gasteiger partial charge in [0.1, 0.15) is 5.69 Å². The van der Waals surface area contributed by atoms with Crippen LogP contribution in [0.4, 0.5) is 22.7 Å². The number of anilines is 3. The monoisotopic (exact) mass is 507 g/mol. The van der Waals surface area contributed by atoms with Crippen molar-refractivity contribution in [3.05, 3.63) is 58.1 Å². The highest BCUT2D eigenvalue weighted by atomic mass is 16.6. The highest BCUT2D eigenvalue weighted by Crippen LogP contribution is 2.32. The summed E-state index contributed by atoms with van der Waals surface area (Å²) >= 11 is 0. The standard InChI is InChI=1S/C28H37N5O4/c1-20-11-13-31(14-12-20)24-10-5-21(19-25(24)33(36)37)26(34)29-22-6-8-23(9-7-22)30-15-17-32(18-16-30)27(35)28(2,3)4/h5-10,19-20H,11-18H2,1-4H3,(H,29,34). The lowest BCUT2D eigenvalue weighted by atomic mass is 9.94. The van der Waals surface area contributed by atoms with Crippen molar-refractivity contribution in [2.24, 2.45) is 11.3 Å². The van der Waals surface area contributed by atoms with Gasteiger partial charge in [-0.3, -0.25) is 19.7 Å². The minimum absolute atomic E-state index is 0.0402. The number of amides is 2. The van der Waals surface area contributed by atoms with Gasteiger partial charge in [0.15, 0.2) is 0 Å². The Morgan fingerprint density at radius 2 is 1.54 bits per heavy atom. The Balaban J connectivity index is 1.38. The zero-order chi connectivity index (χ0) is 26.7. The molecule has 0 aromatic heterocycles. The summed E-state index contributed by atoms with van der Waals surface area (Å²) in [5.74, 6) is 0.405. The van der Waals surface area contributed by atoms with Crippen molar-refractivity contribution in [3.63, 3.8) is 0 Å². The fourth-order valence-electron chi connectivity index (χ4n) is 4.93. The van der Waals surface area contributed by atoms with Crippen molar-refractivity contribution in [2.45, 2.75) is 40.5 Å². The van der Waals surface area contributed by atoms with Crippen molar-refractivity contribution in [1.29, 1.82) is 0 Å². The Hall–Kier alpha value is -3.62. The van der Waals surface area contributed by atoms with E-state index in [0.717, 1.165) is 44.7 Å². The van der Waals surface area contributed by atoms with Crippen LogP contribution in [0.5, 0.6) is 0 Å². The molecule has 0 saturated carbocycles. The Kier molecular flexibility index (Phi) is 7.71. The summed E-state index contributed by atoms with van der Waals surface area (Å²) in [5.41, 5.74) is 2.05. The van der Waals surface area contributed by atoms with Gasteiger partial charge in [-0.1, -0.05) is 27.7 Å². The number of rotatable bonds is 5. The average Bonchev–Trinajstić information content (AvgIpc) is 2.88. The molecule has 0 bridgehead atoms. The predicted octanol–water partition coefficient (Wildman–Crippen LogP) is 4.78. The van der Waals surface area contributed by atoms with Crippen LogP contribution in [-0.4, -0.2) is 60.9 Å². The van der Waals surface area contributed by atoms with Crippen LogP contribution in [-0.2, 0) is 4.79 Å². The van der Waals surface area contributed by atoms with E-state index in [1.54, 1.807) is 12.1 Å². The second-order valence-corrected chi connectivity index (χ2v) is 11.2. The number of nitro groups is 1. The zero-order valence-electron chi connectivity index (χ0n) is 22.2. The number of nitrogens with one attached hydrogen (secondary N) is 1. The number of hydrogen-bond donors (Lipinski definition) is 1. The SMILES string of the molecule is CC1CCN(c2ccc(C(=O)Nc3ccc(N4CCN(C(=O)C(C)(C)C)CC4)cc3)cc2[N+](=O)[O-])CC1. The molecule has 9 heteroatoms. The third kappa shape index (κ3) is 6.21. The summed E-state index contributed by atoms with van der Waals surface area (Å²) in [6.07, 6.45) is 2.00. The summed E-state index contributed by atoms with van der Waals surface area (Å²) in [6, 6.07) is 12.3. The van der Waals surface area contributed by atoms with E-state index in [4.69, 9.17) is 0 Å². The van der Waals surface area contributed by atoms with Gasteiger partial charge in [-0.15, -0.1) is 0 Å². The molecule has 2 saturated heterocycles. The summed E-state index contributed by atoms with van der Waals surface area (Å²) in [6.45, 7) is 12.4. The van der Waals surface area contributed by atoms with E-state index in [1.807, 2.05) is 54.8 Å². The Morgan fingerprint density at radius 1 is 0.919 bits per heavy atom. The van der Waals surface area contributed by atoms with Crippen molar-refractivity contribution < 1.29 is 14.5 Å². The van der Waals surface area contributed by atoms with Crippen molar-refractivity contribution in [1.82, 2.24) is 4.90 Å². The molecule has 0 aliphatic carbocycles. The first-order valence-corrected chi connectivity index (χ1v) is 13.0. The van der Waals surface area contributed by atoms with Crippen molar-refractivity contribution in [2.75, 3.05) is 54.4 Å². The van der Waals surface area contributed by atoms with Crippen LogP contribution >= 0.6 is 0 Å². The van der Waals surface area contributed by atoms with Gasteiger partial charge in [0.2, 0.25) is 5.91 Å². The molecule has 0 atom stereocenters. The molecule has 0 spiro atoms. The molecular formula is C28H37N5O4. The fraction of sp³-hybridized carbons (Fsp3) is 0.500. The molecular weight excluding hydrogens is 470 g/mol. The van der Waals surface area contributed by atoms with Gasteiger partial charge in [0, 0.05) is 67.7 Å². The predicted molar refractivity (Wildman–Crippen MR) is 146 cm³/mol. The smallest absolute Gasteiger partial charge is 0.293 e. The Labute approximate surface area is 218 Å². The van der Waals surface area contributed by atoms with E-state index < -0.39 is 4.92 Å². The highest BCUT2D eigenvalue weighted by molar-refractivity contribution is 6.05. The topological polar surface area (TPSA) is 99.0 Å². The molecule has 0 unspecified atom stereocenters. The van der Waals surface area contributed by atoms with Gasteiger partial charge in [-0.25, -0.2) is 0 Å². The molecule has 2 amide bonds. The first-order valence-electron chi connectivity index (χ1n) is 13.0. The summed E-state index contributed by atoms with van der Waals surface area (Å²) in [7, 11) is 0. The Morgan fingerprint density at radius 3 is 2.11 bits per heavy atom. The van der Waals surface area contributed by atoms with Crippen LogP contribution in [0.1, 0.15) is 50.9 Å². The van der Waals surface area contributed by atoms with Gasteiger partial charge in [0.05, 0.1) is 4.92 Å². The van der Waals surface area contributed by atoms with E-state index in [1.165, 1.54) is 6.07 Å². The van der Waals surface area contributed by atoms with Gasteiger partial charge >= 0.3 is 0 Å². The third-order valence-corrected chi connectivity index (χ3v) is 7.26. The van der Waals surface area contributed by atoms with Crippen molar-refractivity contribution >= 4 is 34.6 Å². The largest absolute Gasteiger partial charge is 0.368 e. The maximum absolute atomic E-state index is 12.9. The molecule has 2 aromatic rings. The highest BCUT2D eigenvalue weighted by Gasteiger charge is 2.30. The first kappa shape index (κ1) is 26.4. The number of piperidine rings is 1. The molecule has 37 heavy (non-hydrogen) atoms. The number of nitro benzene ring substituents is 1. The quantitative estimate of drug-likeness (QED) is 0.462. The van der Waals surface area contributed by atoms with Crippen molar-refractivity contribution in [3.8, 4) is 0 Å². The van der Waals surface area contributed by atoms with Crippen LogP contribution in [0.3, 0.4) is 0 Å². The van der Waals surface area contributed by atoms with Gasteiger partial charge < -0.3 is 20.0 Å². The van der Waals surface area contributed by atoms with Crippen LogP contribution in [0, 0.1) is 21.4 Å². The average molecular weight is 508 g/mol. The normalized spacial score (nSPS) is 17.0. The number of carbonyl (C=O) groups is 2. The molecule has 2 aliphatic heterocycles. The fourth-order valence-corrected chi connectivity index (χ4v) is 4.93. The summed E-state index contributed by atoms with van der Waals surface area (Å²) in [4.78, 5) is 43.0.